The Balaban J connectivity index is 1.88. The van der Waals surface area contributed by atoms with E-state index in [0.29, 0.717) is 11.3 Å². The highest BCUT2D eigenvalue weighted by Gasteiger charge is 2.28. The van der Waals surface area contributed by atoms with Gasteiger partial charge in [-0.1, -0.05) is 13.8 Å². The van der Waals surface area contributed by atoms with Crippen molar-refractivity contribution in [3.05, 3.63) is 30.0 Å². The summed E-state index contributed by atoms with van der Waals surface area (Å²) in [5.74, 6) is 0.739. The molecule has 0 bridgehead atoms. The fourth-order valence-corrected chi connectivity index (χ4v) is 3.35. The number of aromatic nitrogens is 1. The lowest BCUT2D eigenvalue weighted by molar-refractivity contribution is -0.0497. The molecule has 1 aromatic heterocycles. The number of benzene rings is 1. The maximum atomic E-state index is 12.4. The van der Waals surface area contributed by atoms with E-state index in [0.717, 1.165) is 23.7 Å². The number of ether oxygens (including phenoxy) is 1. The summed E-state index contributed by atoms with van der Waals surface area (Å²) in [6.07, 6.45) is 6.74. The molecule has 0 unspecified atom stereocenters. The van der Waals surface area contributed by atoms with Crippen LogP contribution in [0.3, 0.4) is 0 Å². The molecule has 3 rings (SSSR count). The summed E-state index contributed by atoms with van der Waals surface area (Å²) in [7, 11) is 0. The molecule has 1 fully saturated rings. The van der Waals surface area contributed by atoms with Crippen LogP contribution < -0.4 is 4.74 Å². The molecule has 1 heterocycles. The predicted molar refractivity (Wildman–Crippen MR) is 79.9 cm³/mol. The van der Waals surface area contributed by atoms with Crippen molar-refractivity contribution in [2.75, 3.05) is 0 Å². The third-order valence-corrected chi connectivity index (χ3v) is 4.69. The number of nitrogens with one attached hydrogen (secondary N) is 1. The van der Waals surface area contributed by atoms with Crippen molar-refractivity contribution in [3.63, 3.8) is 0 Å². The van der Waals surface area contributed by atoms with Gasteiger partial charge in [0.15, 0.2) is 0 Å². The summed E-state index contributed by atoms with van der Waals surface area (Å²) in [4.78, 5) is 3.24. The molecule has 1 aromatic carbocycles. The van der Waals surface area contributed by atoms with Crippen LogP contribution in [0.5, 0.6) is 5.75 Å². The van der Waals surface area contributed by atoms with Crippen LogP contribution in [0.25, 0.3) is 10.9 Å². The first-order chi connectivity index (χ1) is 9.94. The second-order valence-corrected chi connectivity index (χ2v) is 6.77. The minimum atomic E-state index is -2.78. The van der Waals surface area contributed by atoms with Crippen LogP contribution in [0.1, 0.15) is 51.0 Å². The molecule has 114 valence electrons. The quantitative estimate of drug-likeness (QED) is 0.799. The van der Waals surface area contributed by atoms with Crippen molar-refractivity contribution >= 4 is 10.9 Å². The lowest BCUT2D eigenvalue weighted by Gasteiger charge is -2.34. The van der Waals surface area contributed by atoms with Crippen LogP contribution in [0.2, 0.25) is 0 Å². The van der Waals surface area contributed by atoms with Gasteiger partial charge in [0.1, 0.15) is 5.75 Å². The molecule has 2 nitrogen and oxygen atoms in total. The highest BCUT2D eigenvalue weighted by Crippen LogP contribution is 2.44. The zero-order chi connectivity index (χ0) is 15.0. The molecule has 4 heteroatoms. The van der Waals surface area contributed by atoms with Gasteiger partial charge in [-0.3, -0.25) is 0 Å². The van der Waals surface area contributed by atoms with Gasteiger partial charge in [0.25, 0.3) is 0 Å². The second kappa shape index (κ2) is 5.32. The van der Waals surface area contributed by atoms with Crippen molar-refractivity contribution in [2.24, 2.45) is 5.41 Å². The summed E-state index contributed by atoms with van der Waals surface area (Å²) in [5, 5.41) is 1.01. The summed E-state index contributed by atoms with van der Waals surface area (Å²) < 4.78 is 29.2. The van der Waals surface area contributed by atoms with Crippen molar-refractivity contribution in [3.8, 4) is 5.75 Å². The van der Waals surface area contributed by atoms with E-state index in [1.807, 2.05) is 12.3 Å². The van der Waals surface area contributed by atoms with E-state index in [9.17, 15) is 8.78 Å². The van der Waals surface area contributed by atoms with Gasteiger partial charge in [-0.25, -0.2) is 0 Å². The van der Waals surface area contributed by atoms with Crippen molar-refractivity contribution < 1.29 is 13.5 Å². The molecule has 1 aliphatic carbocycles. The maximum absolute atomic E-state index is 12.4. The molecule has 0 spiro atoms. The van der Waals surface area contributed by atoms with Crippen LogP contribution in [0.15, 0.2) is 24.4 Å². The van der Waals surface area contributed by atoms with E-state index in [2.05, 4.69) is 23.6 Å². The molecule has 1 N–H and O–H groups in total. The van der Waals surface area contributed by atoms with E-state index in [1.165, 1.54) is 18.4 Å². The van der Waals surface area contributed by atoms with Gasteiger partial charge in [-0.2, -0.15) is 8.78 Å². The maximum Gasteiger partial charge on any atom is 0.387 e. The Morgan fingerprint density at radius 3 is 2.62 bits per heavy atom. The number of aromatic amines is 1. The van der Waals surface area contributed by atoms with E-state index in [-0.39, 0.29) is 5.75 Å². The molecule has 1 aliphatic rings. The number of halogens is 2. The van der Waals surface area contributed by atoms with Crippen LogP contribution in [-0.2, 0) is 0 Å². The lowest BCUT2D eigenvalue weighted by atomic mass is 9.71. The molecule has 0 aliphatic heterocycles. The molecular formula is C17H21F2NO. The van der Waals surface area contributed by atoms with Gasteiger partial charge in [0, 0.05) is 17.1 Å². The first kappa shape index (κ1) is 14.4. The highest BCUT2D eigenvalue weighted by molar-refractivity contribution is 5.85. The summed E-state index contributed by atoms with van der Waals surface area (Å²) in [6.45, 7) is 1.85. The SMILES string of the molecule is CC1(C)CCC(c2c[nH]c3ccc(OC(F)F)cc23)CC1. The van der Waals surface area contributed by atoms with Crippen molar-refractivity contribution in [1.82, 2.24) is 4.98 Å². The molecule has 2 aromatic rings. The molecular weight excluding hydrogens is 272 g/mol. The fraction of sp³-hybridized carbons (Fsp3) is 0.529. The Bertz CT molecular complexity index is 623. The lowest BCUT2D eigenvalue weighted by Crippen LogP contribution is -2.20. The van der Waals surface area contributed by atoms with E-state index < -0.39 is 6.61 Å². The Morgan fingerprint density at radius 1 is 1.24 bits per heavy atom. The Hall–Kier alpha value is -1.58. The topological polar surface area (TPSA) is 25.0 Å². The number of rotatable bonds is 3. The zero-order valence-electron chi connectivity index (χ0n) is 12.5. The summed E-state index contributed by atoms with van der Waals surface area (Å²) >= 11 is 0. The number of hydrogen-bond donors (Lipinski definition) is 1. The minimum absolute atomic E-state index is 0.231. The fourth-order valence-electron chi connectivity index (χ4n) is 3.35. The minimum Gasteiger partial charge on any atom is -0.435 e. The highest BCUT2D eigenvalue weighted by atomic mass is 19.3. The average molecular weight is 293 g/mol. The summed E-state index contributed by atoms with van der Waals surface area (Å²) in [6, 6.07) is 5.12. The molecule has 21 heavy (non-hydrogen) atoms. The first-order valence-electron chi connectivity index (χ1n) is 7.50. The average Bonchev–Trinajstić information content (AvgIpc) is 2.81. The Labute approximate surface area is 123 Å². The Kier molecular flexibility index (Phi) is 3.64. The zero-order valence-corrected chi connectivity index (χ0v) is 12.5. The molecule has 0 atom stereocenters. The van der Waals surface area contributed by atoms with Gasteiger partial charge in [-0.05, 0) is 60.8 Å². The van der Waals surface area contributed by atoms with Gasteiger partial charge < -0.3 is 9.72 Å². The van der Waals surface area contributed by atoms with Crippen LogP contribution >= 0.6 is 0 Å². The number of alkyl halides is 2. The normalized spacial score (nSPS) is 19.3. The largest absolute Gasteiger partial charge is 0.435 e. The van der Waals surface area contributed by atoms with Crippen LogP contribution in [0.4, 0.5) is 8.78 Å². The van der Waals surface area contributed by atoms with Gasteiger partial charge in [0.2, 0.25) is 0 Å². The van der Waals surface area contributed by atoms with E-state index >= 15 is 0 Å². The number of H-pyrrole nitrogens is 1. The first-order valence-corrected chi connectivity index (χ1v) is 7.50. The summed E-state index contributed by atoms with van der Waals surface area (Å²) in [5.41, 5.74) is 2.64. The molecule has 0 saturated heterocycles. The van der Waals surface area contributed by atoms with Crippen molar-refractivity contribution in [2.45, 2.75) is 52.1 Å². The monoisotopic (exact) mass is 293 g/mol. The predicted octanol–water partition coefficient (Wildman–Crippen LogP) is 5.45. The van der Waals surface area contributed by atoms with Crippen molar-refractivity contribution in [1.29, 1.82) is 0 Å². The van der Waals surface area contributed by atoms with Crippen LogP contribution in [0, 0.1) is 5.41 Å². The smallest absolute Gasteiger partial charge is 0.387 e. The number of hydrogen-bond acceptors (Lipinski definition) is 1. The van der Waals surface area contributed by atoms with Gasteiger partial charge >= 0.3 is 6.61 Å². The van der Waals surface area contributed by atoms with Gasteiger partial charge in [0.05, 0.1) is 0 Å². The Morgan fingerprint density at radius 2 is 1.95 bits per heavy atom. The third-order valence-electron chi connectivity index (χ3n) is 4.69. The molecule has 0 radical (unpaired) electrons. The standard InChI is InChI=1S/C17H21F2NO/c1-17(2)7-5-11(6-8-17)14-10-20-15-4-3-12(9-13(14)15)21-16(18)19/h3-4,9-11,16,20H,5-8H2,1-2H3. The second-order valence-electron chi connectivity index (χ2n) is 6.77. The number of fused-ring (bicyclic) bond motifs is 1. The molecule has 0 amide bonds. The van der Waals surface area contributed by atoms with Crippen LogP contribution in [-0.4, -0.2) is 11.6 Å². The molecule has 1 saturated carbocycles. The van der Waals surface area contributed by atoms with E-state index in [1.54, 1.807) is 12.1 Å². The third kappa shape index (κ3) is 3.04. The van der Waals surface area contributed by atoms with E-state index in [4.69, 9.17) is 0 Å². The van der Waals surface area contributed by atoms with Gasteiger partial charge in [-0.15, -0.1) is 0 Å².